The largest absolute Gasteiger partial charge is 0.493 e. The van der Waals surface area contributed by atoms with Crippen molar-refractivity contribution >= 4 is 5.97 Å². The molecule has 0 aromatic heterocycles. The Morgan fingerprint density at radius 2 is 1.64 bits per heavy atom. The van der Waals surface area contributed by atoms with Crippen molar-refractivity contribution in [2.45, 2.75) is 5.92 Å². The summed E-state index contributed by atoms with van der Waals surface area (Å²) >= 11 is 0. The molecule has 2 N–H and O–H groups in total. The van der Waals surface area contributed by atoms with E-state index in [1.54, 1.807) is 42.5 Å². The first-order valence-corrected chi connectivity index (χ1v) is 12.1. The van der Waals surface area contributed by atoms with E-state index < -0.39 is 11.9 Å². The second-order valence-electron chi connectivity index (χ2n) is 8.53. The van der Waals surface area contributed by atoms with E-state index in [0.29, 0.717) is 34.3 Å². The summed E-state index contributed by atoms with van der Waals surface area (Å²) in [5, 5.41) is 9.90. The summed E-state index contributed by atoms with van der Waals surface area (Å²) in [6.07, 6.45) is 0. The van der Waals surface area contributed by atoms with Crippen LogP contribution < -0.4 is 29.4 Å². The smallest absolute Gasteiger partial charge is 0.349 e. The number of nitrogens with zero attached hydrogens (tertiary/aromatic N) is 1. The summed E-state index contributed by atoms with van der Waals surface area (Å²) in [6.45, 7) is -0.324. The number of nitrogens with two attached hydrogens (primary N) is 1. The van der Waals surface area contributed by atoms with Crippen LogP contribution in [0.15, 0.2) is 109 Å². The van der Waals surface area contributed by atoms with Crippen LogP contribution in [0.5, 0.6) is 34.5 Å². The molecule has 0 aliphatic carbocycles. The lowest BCUT2D eigenvalue weighted by molar-refractivity contribution is -0.136. The van der Waals surface area contributed by atoms with Crippen molar-refractivity contribution in [2.24, 2.45) is 5.73 Å². The quantitative estimate of drug-likeness (QED) is 0.233. The SMILES string of the molecule is COc1ccccc1OCC(=O)Oc1ccc2c(c1)OC(N)=C(C#N)C2c1cccc(Oc2ccccc2)c1. The second-order valence-corrected chi connectivity index (χ2v) is 8.53. The Bertz CT molecular complexity index is 1580. The summed E-state index contributed by atoms with van der Waals surface area (Å²) in [5.41, 5.74) is 7.91. The van der Waals surface area contributed by atoms with Crippen LogP contribution >= 0.6 is 0 Å². The molecule has 0 fully saturated rings. The molecule has 0 amide bonds. The highest BCUT2D eigenvalue weighted by molar-refractivity contribution is 5.74. The van der Waals surface area contributed by atoms with Crippen LogP contribution in [0, 0.1) is 11.3 Å². The lowest BCUT2D eigenvalue weighted by Crippen LogP contribution is -2.21. The number of methoxy groups -OCH3 is 1. The molecule has 0 bridgehead atoms. The van der Waals surface area contributed by atoms with Gasteiger partial charge in [-0.25, -0.2) is 4.79 Å². The standard InChI is InChI=1S/C31H24N2O6/c1-35-26-12-5-6-13-27(26)36-19-29(34)38-23-14-15-24-28(17-23)39-31(33)25(18-32)30(24)20-8-7-11-22(16-20)37-21-9-3-2-4-10-21/h2-17,30H,19,33H2,1H3. The molecule has 0 saturated heterocycles. The summed E-state index contributed by atoms with van der Waals surface area (Å²) in [5.74, 6) is 1.73. The first-order chi connectivity index (χ1) is 19.1. The zero-order chi connectivity index (χ0) is 27.2. The van der Waals surface area contributed by atoms with E-state index in [-0.39, 0.29) is 23.8 Å². The van der Waals surface area contributed by atoms with E-state index in [1.807, 2.05) is 54.6 Å². The third kappa shape index (κ3) is 5.63. The minimum Gasteiger partial charge on any atom is -0.493 e. The van der Waals surface area contributed by atoms with Gasteiger partial charge >= 0.3 is 5.97 Å². The molecule has 1 aliphatic rings. The molecule has 0 radical (unpaired) electrons. The predicted octanol–water partition coefficient (Wildman–Crippen LogP) is 5.69. The van der Waals surface area contributed by atoms with Crippen LogP contribution in [0.3, 0.4) is 0 Å². The van der Waals surface area contributed by atoms with Gasteiger partial charge in [-0.15, -0.1) is 0 Å². The minimum absolute atomic E-state index is 0.0210. The molecule has 5 rings (SSSR count). The molecule has 39 heavy (non-hydrogen) atoms. The van der Waals surface area contributed by atoms with Gasteiger partial charge in [0.15, 0.2) is 18.1 Å². The highest BCUT2D eigenvalue weighted by Crippen LogP contribution is 2.44. The van der Waals surface area contributed by atoms with Gasteiger partial charge in [0.1, 0.15) is 34.6 Å². The van der Waals surface area contributed by atoms with E-state index in [2.05, 4.69) is 6.07 Å². The van der Waals surface area contributed by atoms with Crippen molar-refractivity contribution in [1.82, 2.24) is 0 Å². The molecule has 194 valence electrons. The highest BCUT2D eigenvalue weighted by atomic mass is 16.6. The molecule has 0 spiro atoms. The number of benzene rings is 4. The molecule has 1 atom stereocenters. The third-order valence-electron chi connectivity index (χ3n) is 6.01. The van der Waals surface area contributed by atoms with Crippen LogP contribution in [0.1, 0.15) is 17.0 Å². The number of esters is 1. The van der Waals surface area contributed by atoms with E-state index in [1.165, 1.54) is 7.11 Å². The molecule has 1 unspecified atom stereocenters. The van der Waals surface area contributed by atoms with Gasteiger partial charge in [0.25, 0.3) is 0 Å². The topological polar surface area (TPSA) is 113 Å². The Morgan fingerprint density at radius 1 is 0.897 bits per heavy atom. The molecule has 4 aromatic carbocycles. The average Bonchev–Trinajstić information content (AvgIpc) is 2.96. The van der Waals surface area contributed by atoms with Gasteiger partial charge in [0, 0.05) is 11.6 Å². The van der Waals surface area contributed by atoms with Gasteiger partial charge in [0.05, 0.1) is 13.0 Å². The Labute approximate surface area is 225 Å². The number of carbonyl (C=O) groups excluding carboxylic acids is 1. The summed E-state index contributed by atoms with van der Waals surface area (Å²) in [4.78, 5) is 12.5. The number of carbonyl (C=O) groups is 1. The third-order valence-corrected chi connectivity index (χ3v) is 6.01. The number of allylic oxidation sites excluding steroid dienone is 1. The fourth-order valence-electron chi connectivity index (χ4n) is 4.26. The van der Waals surface area contributed by atoms with E-state index in [0.717, 1.165) is 5.56 Å². The van der Waals surface area contributed by atoms with Crippen molar-refractivity contribution in [1.29, 1.82) is 5.26 Å². The van der Waals surface area contributed by atoms with Crippen molar-refractivity contribution in [3.8, 4) is 40.6 Å². The monoisotopic (exact) mass is 520 g/mol. The molecule has 1 aliphatic heterocycles. The predicted molar refractivity (Wildman–Crippen MR) is 143 cm³/mol. The molecule has 4 aromatic rings. The van der Waals surface area contributed by atoms with Crippen molar-refractivity contribution in [3.05, 3.63) is 120 Å². The lowest BCUT2D eigenvalue weighted by atomic mass is 9.83. The van der Waals surface area contributed by atoms with Gasteiger partial charge in [-0.05, 0) is 48.0 Å². The van der Waals surface area contributed by atoms with Gasteiger partial charge in [-0.1, -0.05) is 48.5 Å². The van der Waals surface area contributed by atoms with Crippen LogP contribution in [-0.4, -0.2) is 19.7 Å². The number of para-hydroxylation sites is 3. The lowest BCUT2D eigenvalue weighted by Gasteiger charge is -2.27. The van der Waals surface area contributed by atoms with Gasteiger partial charge < -0.3 is 29.4 Å². The zero-order valence-electron chi connectivity index (χ0n) is 21.0. The second kappa shape index (κ2) is 11.3. The molecule has 8 heteroatoms. The minimum atomic E-state index is -0.611. The van der Waals surface area contributed by atoms with E-state index in [4.69, 9.17) is 29.4 Å². The molecular weight excluding hydrogens is 496 g/mol. The van der Waals surface area contributed by atoms with Gasteiger partial charge in [0.2, 0.25) is 5.88 Å². The maximum absolute atomic E-state index is 12.5. The average molecular weight is 521 g/mol. The van der Waals surface area contributed by atoms with Crippen LogP contribution in [-0.2, 0) is 4.79 Å². The number of fused-ring (bicyclic) bond motifs is 1. The Hall–Kier alpha value is -5.42. The van der Waals surface area contributed by atoms with Crippen molar-refractivity contribution in [2.75, 3.05) is 13.7 Å². The summed E-state index contributed by atoms with van der Waals surface area (Å²) in [6, 6.07) is 31.0. The van der Waals surface area contributed by atoms with E-state index >= 15 is 0 Å². The Balaban J connectivity index is 1.37. The highest BCUT2D eigenvalue weighted by Gasteiger charge is 2.31. The first-order valence-electron chi connectivity index (χ1n) is 12.1. The zero-order valence-corrected chi connectivity index (χ0v) is 21.0. The number of rotatable bonds is 8. The van der Waals surface area contributed by atoms with E-state index in [9.17, 15) is 10.1 Å². The number of hydrogen-bond donors (Lipinski definition) is 1. The molecule has 0 saturated carbocycles. The molecular formula is C31H24N2O6. The first kappa shape index (κ1) is 25.2. The fourth-order valence-corrected chi connectivity index (χ4v) is 4.26. The van der Waals surface area contributed by atoms with Crippen LogP contribution in [0.2, 0.25) is 0 Å². The molecule has 1 heterocycles. The fraction of sp³-hybridized carbons (Fsp3) is 0.0968. The Kier molecular flexibility index (Phi) is 7.32. The Morgan fingerprint density at radius 3 is 2.41 bits per heavy atom. The number of nitriles is 1. The van der Waals surface area contributed by atoms with Crippen LogP contribution in [0.4, 0.5) is 0 Å². The van der Waals surface area contributed by atoms with Crippen LogP contribution in [0.25, 0.3) is 0 Å². The van der Waals surface area contributed by atoms with Crippen molar-refractivity contribution < 1.29 is 28.5 Å². The van der Waals surface area contributed by atoms with Gasteiger partial charge in [-0.2, -0.15) is 5.26 Å². The number of ether oxygens (including phenoxy) is 5. The summed E-state index contributed by atoms with van der Waals surface area (Å²) in [7, 11) is 1.52. The van der Waals surface area contributed by atoms with Crippen molar-refractivity contribution in [3.63, 3.8) is 0 Å². The normalized spacial score (nSPS) is 13.9. The molecule has 8 nitrogen and oxygen atoms in total. The van der Waals surface area contributed by atoms with Gasteiger partial charge in [-0.3, -0.25) is 0 Å². The number of hydrogen-bond acceptors (Lipinski definition) is 8. The summed E-state index contributed by atoms with van der Waals surface area (Å²) < 4.78 is 28.0. The maximum atomic E-state index is 12.5. The maximum Gasteiger partial charge on any atom is 0.349 e.